The van der Waals surface area contributed by atoms with Gasteiger partial charge in [-0.3, -0.25) is 0 Å². The topological polar surface area (TPSA) is 18.5 Å². The summed E-state index contributed by atoms with van der Waals surface area (Å²) in [7, 11) is 0. The zero-order valence-corrected chi connectivity index (χ0v) is 11.4. The molecule has 0 atom stereocenters. The highest BCUT2D eigenvalue weighted by Gasteiger charge is 1.97. The molecule has 0 rings (SSSR count). The van der Waals surface area contributed by atoms with E-state index in [1.54, 1.807) is 11.8 Å². The zero-order chi connectivity index (χ0) is 11.4. The van der Waals surface area contributed by atoms with Crippen LogP contribution in [0.3, 0.4) is 0 Å². The van der Waals surface area contributed by atoms with Gasteiger partial charge in [0.25, 0.3) is 0 Å². The van der Waals surface area contributed by atoms with E-state index in [1.165, 1.54) is 12.8 Å². The second-order valence-electron chi connectivity index (χ2n) is 3.20. The maximum Gasteiger partial charge on any atom is 0.219 e. The Balaban J connectivity index is 3.10. The highest BCUT2D eigenvalue weighted by atomic mass is 32.2. The summed E-state index contributed by atoms with van der Waals surface area (Å²) in [5.74, 6) is 1.08. The SMILES string of the molecule is CCCCSC(=S)OCCCCOCC. The van der Waals surface area contributed by atoms with E-state index in [4.69, 9.17) is 21.7 Å². The first-order valence-electron chi connectivity index (χ1n) is 5.68. The third-order valence-electron chi connectivity index (χ3n) is 1.82. The van der Waals surface area contributed by atoms with Crippen LogP contribution >= 0.6 is 24.0 Å². The molecule has 0 aromatic carbocycles. The number of unbranched alkanes of at least 4 members (excludes halogenated alkanes) is 2. The minimum absolute atomic E-state index is 0.694. The number of hydrogen-bond acceptors (Lipinski definition) is 4. The van der Waals surface area contributed by atoms with Crippen molar-refractivity contribution in [1.29, 1.82) is 0 Å². The van der Waals surface area contributed by atoms with Gasteiger partial charge in [0.2, 0.25) is 4.38 Å². The molecule has 0 aliphatic rings. The molecule has 0 fully saturated rings. The van der Waals surface area contributed by atoms with Gasteiger partial charge in [-0.25, -0.2) is 0 Å². The van der Waals surface area contributed by atoms with Gasteiger partial charge >= 0.3 is 0 Å². The van der Waals surface area contributed by atoms with E-state index in [1.807, 2.05) is 6.92 Å². The van der Waals surface area contributed by atoms with Gasteiger partial charge in [0.05, 0.1) is 6.61 Å². The van der Waals surface area contributed by atoms with Crippen LogP contribution in [0.5, 0.6) is 0 Å². The standard InChI is InChI=1S/C11H22O2S2/c1-3-5-10-15-11(14)13-9-7-6-8-12-4-2/h3-10H2,1-2H3. The summed E-state index contributed by atoms with van der Waals surface area (Å²) in [6.45, 7) is 6.54. The molecule has 0 unspecified atom stereocenters. The van der Waals surface area contributed by atoms with Crippen LogP contribution in [-0.4, -0.2) is 30.0 Å². The molecule has 0 saturated carbocycles. The van der Waals surface area contributed by atoms with Crippen LogP contribution in [0.15, 0.2) is 0 Å². The third-order valence-corrected chi connectivity index (χ3v) is 3.14. The van der Waals surface area contributed by atoms with Gasteiger partial charge in [-0.1, -0.05) is 25.1 Å². The van der Waals surface area contributed by atoms with E-state index < -0.39 is 0 Å². The number of rotatable bonds is 9. The van der Waals surface area contributed by atoms with Gasteiger partial charge in [-0.2, -0.15) is 0 Å². The largest absolute Gasteiger partial charge is 0.479 e. The molecule has 0 amide bonds. The Bertz CT molecular complexity index is 152. The molecule has 15 heavy (non-hydrogen) atoms. The summed E-state index contributed by atoms with van der Waals surface area (Å²) < 4.78 is 11.3. The van der Waals surface area contributed by atoms with Gasteiger partial charge in [0.1, 0.15) is 0 Å². The van der Waals surface area contributed by atoms with Crippen LogP contribution in [-0.2, 0) is 9.47 Å². The second-order valence-corrected chi connectivity index (χ2v) is 4.90. The van der Waals surface area contributed by atoms with Crippen LogP contribution in [0.25, 0.3) is 0 Å². The molecule has 2 nitrogen and oxygen atoms in total. The molecular weight excluding hydrogens is 228 g/mol. The fourth-order valence-corrected chi connectivity index (χ4v) is 2.05. The van der Waals surface area contributed by atoms with E-state index >= 15 is 0 Å². The Kier molecular flexibility index (Phi) is 12.4. The molecule has 4 heteroatoms. The minimum Gasteiger partial charge on any atom is -0.479 e. The lowest BCUT2D eigenvalue weighted by atomic mass is 10.3. The normalized spacial score (nSPS) is 10.3. The number of ether oxygens (including phenoxy) is 2. The number of thiocarbonyl (C=S) groups is 1. The maximum atomic E-state index is 5.41. The average molecular weight is 250 g/mol. The highest BCUT2D eigenvalue weighted by molar-refractivity contribution is 8.22. The molecule has 0 N–H and O–H groups in total. The van der Waals surface area contributed by atoms with Crippen LogP contribution < -0.4 is 0 Å². The first-order chi connectivity index (χ1) is 7.31. The molecule has 0 aliphatic heterocycles. The minimum atomic E-state index is 0.694. The van der Waals surface area contributed by atoms with Crippen molar-refractivity contribution in [2.45, 2.75) is 39.5 Å². The Hall–Kier alpha value is 0.200. The Morgan fingerprint density at radius 1 is 1.13 bits per heavy atom. The molecular formula is C11H22O2S2. The molecule has 0 heterocycles. The first-order valence-corrected chi connectivity index (χ1v) is 7.08. The van der Waals surface area contributed by atoms with Crippen molar-refractivity contribution in [3.8, 4) is 0 Å². The van der Waals surface area contributed by atoms with Crippen molar-refractivity contribution in [2.24, 2.45) is 0 Å². The number of thioether (sulfide) groups is 1. The molecule has 90 valence electrons. The molecule has 0 aliphatic carbocycles. The predicted molar refractivity (Wildman–Crippen MR) is 71.6 cm³/mol. The lowest BCUT2D eigenvalue weighted by Gasteiger charge is -2.06. The summed E-state index contributed by atoms with van der Waals surface area (Å²) in [6, 6.07) is 0. The Morgan fingerprint density at radius 2 is 1.87 bits per heavy atom. The highest BCUT2D eigenvalue weighted by Crippen LogP contribution is 2.09. The summed E-state index contributed by atoms with van der Waals surface area (Å²) in [4.78, 5) is 0. The fourth-order valence-electron chi connectivity index (χ4n) is 0.948. The van der Waals surface area contributed by atoms with Crippen LogP contribution in [0, 0.1) is 0 Å². The van der Waals surface area contributed by atoms with E-state index in [-0.39, 0.29) is 0 Å². The van der Waals surface area contributed by atoms with Crippen LogP contribution in [0.2, 0.25) is 0 Å². The second kappa shape index (κ2) is 12.3. The van der Waals surface area contributed by atoms with Gasteiger partial charge in [-0.15, -0.1) is 0 Å². The molecule has 0 spiro atoms. The summed E-state index contributed by atoms with van der Waals surface area (Å²) >= 11 is 6.72. The molecule has 0 bridgehead atoms. The van der Waals surface area contributed by atoms with Crippen molar-refractivity contribution in [1.82, 2.24) is 0 Å². The van der Waals surface area contributed by atoms with Gasteiger partial charge in [0, 0.05) is 19.0 Å². The van der Waals surface area contributed by atoms with Gasteiger partial charge < -0.3 is 9.47 Å². The van der Waals surface area contributed by atoms with E-state index in [0.29, 0.717) is 4.38 Å². The van der Waals surface area contributed by atoms with Crippen molar-refractivity contribution >= 4 is 28.4 Å². The van der Waals surface area contributed by atoms with Gasteiger partial charge in [-0.05, 0) is 38.4 Å². The van der Waals surface area contributed by atoms with Crippen molar-refractivity contribution < 1.29 is 9.47 Å². The lowest BCUT2D eigenvalue weighted by molar-refractivity contribution is 0.138. The maximum absolute atomic E-state index is 5.41. The third kappa shape index (κ3) is 12.1. The predicted octanol–water partition coefficient (Wildman–Crippen LogP) is 3.64. The molecule has 0 aromatic rings. The molecule has 0 radical (unpaired) electrons. The Labute approximate surface area is 103 Å². The zero-order valence-electron chi connectivity index (χ0n) is 9.79. The quantitative estimate of drug-likeness (QED) is 0.459. The summed E-state index contributed by atoms with van der Waals surface area (Å²) in [6.07, 6.45) is 4.49. The first kappa shape index (κ1) is 15.2. The van der Waals surface area contributed by atoms with Crippen molar-refractivity contribution in [3.63, 3.8) is 0 Å². The molecule has 0 aromatic heterocycles. The monoisotopic (exact) mass is 250 g/mol. The van der Waals surface area contributed by atoms with E-state index in [2.05, 4.69) is 6.92 Å². The van der Waals surface area contributed by atoms with E-state index in [9.17, 15) is 0 Å². The summed E-state index contributed by atoms with van der Waals surface area (Å²) in [5, 5.41) is 0. The molecule has 0 saturated heterocycles. The number of hydrogen-bond donors (Lipinski definition) is 0. The van der Waals surface area contributed by atoms with Crippen LogP contribution in [0.1, 0.15) is 39.5 Å². The summed E-state index contributed by atoms with van der Waals surface area (Å²) in [5.41, 5.74) is 0. The van der Waals surface area contributed by atoms with Crippen molar-refractivity contribution in [2.75, 3.05) is 25.6 Å². The smallest absolute Gasteiger partial charge is 0.219 e. The lowest BCUT2D eigenvalue weighted by Crippen LogP contribution is -2.02. The van der Waals surface area contributed by atoms with E-state index in [0.717, 1.165) is 38.4 Å². The van der Waals surface area contributed by atoms with Crippen LogP contribution in [0.4, 0.5) is 0 Å². The van der Waals surface area contributed by atoms with Crippen molar-refractivity contribution in [3.05, 3.63) is 0 Å². The Morgan fingerprint density at radius 3 is 2.53 bits per heavy atom. The average Bonchev–Trinajstić information content (AvgIpc) is 2.23. The van der Waals surface area contributed by atoms with Gasteiger partial charge in [0.15, 0.2) is 0 Å². The fraction of sp³-hybridized carbons (Fsp3) is 0.909.